The molecule has 0 saturated carbocycles. The molecule has 15 heavy (non-hydrogen) atoms. The lowest BCUT2D eigenvalue weighted by Crippen LogP contribution is -2.13. The fourth-order valence-corrected chi connectivity index (χ4v) is 0.732. The minimum atomic E-state index is -4.58. The molecule has 1 N–H and O–H groups in total. The van der Waals surface area contributed by atoms with Crippen molar-refractivity contribution in [3.05, 3.63) is 30.9 Å². The lowest BCUT2D eigenvalue weighted by molar-refractivity contribution is -0.144. The zero-order valence-corrected chi connectivity index (χ0v) is 7.38. The van der Waals surface area contributed by atoms with E-state index in [0.717, 1.165) is 18.5 Å². The number of aromatic nitrogens is 2. The number of hydrogen-bond donors (Lipinski definition) is 1. The van der Waals surface area contributed by atoms with E-state index in [9.17, 15) is 18.0 Å². The van der Waals surface area contributed by atoms with Gasteiger partial charge in [0.15, 0.2) is 0 Å². The van der Waals surface area contributed by atoms with Crippen LogP contribution in [0.4, 0.5) is 18.9 Å². The highest BCUT2D eigenvalue weighted by atomic mass is 19.4. The average Bonchev–Trinajstić information content (AvgIpc) is 2.17. The number of rotatable bonds is 2. The van der Waals surface area contributed by atoms with Crippen LogP contribution in [-0.2, 0) is 11.0 Å². The van der Waals surface area contributed by atoms with E-state index in [0.29, 0.717) is 0 Å². The Labute approximate surface area is 82.8 Å². The molecule has 1 heterocycles. The van der Waals surface area contributed by atoms with Gasteiger partial charge in [0.05, 0.1) is 18.1 Å². The molecule has 0 aliphatic carbocycles. The first kappa shape index (κ1) is 11.2. The second-order valence-electron chi connectivity index (χ2n) is 2.49. The third-order valence-electron chi connectivity index (χ3n) is 1.36. The van der Waals surface area contributed by atoms with Crippen LogP contribution in [-0.4, -0.2) is 15.9 Å². The highest BCUT2D eigenvalue weighted by Gasteiger charge is 2.34. The lowest BCUT2D eigenvalue weighted by Gasteiger charge is -2.05. The van der Waals surface area contributed by atoms with Gasteiger partial charge in [0, 0.05) is 0 Å². The lowest BCUT2D eigenvalue weighted by atomic mass is 10.4. The van der Waals surface area contributed by atoms with Crippen molar-refractivity contribution in [2.75, 3.05) is 5.32 Å². The maximum absolute atomic E-state index is 12.0. The van der Waals surface area contributed by atoms with Gasteiger partial charge in [-0.05, 0) is 6.08 Å². The van der Waals surface area contributed by atoms with Crippen LogP contribution in [0.5, 0.6) is 0 Å². The Balaban J connectivity index is 2.81. The average molecular weight is 217 g/mol. The molecule has 1 aromatic rings. The molecular weight excluding hydrogens is 211 g/mol. The van der Waals surface area contributed by atoms with Crippen LogP contribution in [0, 0.1) is 0 Å². The van der Waals surface area contributed by atoms with Gasteiger partial charge in [-0.15, -0.1) is 0 Å². The van der Waals surface area contributed by atoms with Crippen molar-refractivity contribution in [3.63, 3.8) is 0 Å². The van der Waals surface area contributed by atoms with Gasteiger partial charge in [0.25, 0.3) is 0 Å². The summed E-state index contributed by atoms with van der Waals surface area (Å²) in [5.41, 5.74) is 0.0768. The van der Waals surface area contributed by atoms with E-state index in [1.54, 1.807) is 0 Å². The maximum Gasteiger partial charge on any atom is 0.451 e. The smallest absolute Gasteiger partial charge is 0.320 e. The maximum atomic E-state index is 12.0. The molecule has 0 radical (unpaired) electrons. The molecule has 0 aromatic carbocycles. The molecule has 0 fully saturated rings. The molecule has 1 amide bonds. The monoisotopic (exact) mass is 217 g/mol. The Morgan fingerprint density at radius 2 is 1.93 bits per heavy atom. The zero-order chi connectivity index (χ0) is 11.5. The molecule has 0 saturated heterocycles. The van der Waals surface area contributed by atoms with E-state index < -0.39 is 17.9 Å². The normalized spacial score (nSPS) is 10.9. The molecule has 1 rings (SSSR count). The number of hydrogen-bond acceptors (Lipinski definition) is 3. The van der Waals surface area contributed by atoms with Gasteiger partial charge in [-0.25, -0.2) is 9.97 Å². The van der Waals surface area contributed by atoms with Crippen molar-refractivity contribution in [3.8, 4) is 0 Å². The topological polar surface area (TPSA) is 54.9 Å². The molecule has 4 nitrogen and oxygen atoms in total. The number of carbonyl (C=O) groups excluding carboxylic acids is 1. The number of amides is 1. The predicted molar refractivity (Wildman–Crippen MR) is 45.9 cm³/mol. The Morgan fingerprint density at radius 3 is 2.33 bits per heavy atom. The number of anilines is 1. The van der Waals surface area contributed by atoms with Crippen LogP contribution in [0.2, 0.25) is 0 Å². The Bertz CT molecular complexity index is 372. The Hall–Kier alpha value is -1.92. The third kappa shape index (κ3) is 3.04. The van der Waals surface area contributed by atoms with Crippen molar-refractivity contribution in [2.24, 2.45) is 0 Å². The summed E-state index contributed by atoms with van der Waals surface area (Å²) in [6.07, 6.45) is -1.85. The van der Waals surface area contributed by atoms with Crippen LogP contribution in [0.1, 0.15) is 5.82 Å². The number of nitrogens with one attached hydrogen (secondary N) is 1. The predicted octanol–water partition coefficient (Wildman–Crippen LogP) is 1.62. The van der Waals surface area contributed by atoms with Crippen molar-refractivity contribution in [2.45, 2.75) is 6.18 Å². The van der Waals surface area contributed by atoms with Gasteiger partial charge in [-0.3, -0.25) is 4.79 Å². The number of nitrogens with zero attached hydrogens (tertiary/aromatic N) is 2. The van der Waals surface area contributed by atoms with Crippen molar-refractivity contribution in [1.82, 2.24) is 9.97 Å². The molecular formula is C8H6F3N3O. The van der Waals surface area contributed by atoms with Crippen molar-refractivity contribution in [1.29, 1.82) is 0 Å². The molecule has 0 unspecified atom stereocenters. The SMILES string of the molecule is C=CC(=O)Nc1cnc(C(F)(F)F)nc1. The third-order valence-corrected chi connectivity index (χ3v) is 1.36. The molecule has 1 aromatic heterocycles. The van der Waals surface area contributed by atoms with E-state index in [1.807, 2.05) is 0 Å². The molecule has 80 valence electrons. The highest BCUT2D eigenvalue weighted by molar-refractivity contribution is 5.98. The van der Waals surface area contributed by atoms with E-state index in [-0.39, 0.29) is 5.69 Å². The van der Waals surface area contributed by atoms with Crippen LogP contribution in [0.3, 0.4) is 0 Å². The standard InChI is InChI=1S/C8H6F3N3O/c1-2-6(15)14-5-3-12-7(13-4-5)8(9,10)11/h2-4H,1H2,(H,14,15). The first-order valence-electron chi connectivity index (χ1n) is 3.76. The van der Waals surface area contributed by atoms with Crippen LogP contribution in [0.15, 0.2) is 25.0 Å². The van der Waals surface area contributed by atoms with Gasteiger partial charge < -0.3 is 5.32 Å². The van der Waals surface area contributed by atoms with Crippen LogP contribution >= 0.6 is 0 Å². The summed E-state index contributed by atoms with van der Waals surface area (Å²) in [6, 6.07) is 0. The molecule has 7 heteroatoms. The molecule has 0 atom stereocenters. The van der Waals surface area contributed by atoms with Crippen molar-refractivity contribution < 1.29 is 18.0 Å². The molecule has 0 bridgehead atoms. The van der Waals surface area contributed by atoms with Gasteiger partial charge in [0.2, 0.25) is 11.7 Å². The first-order chi connectivity index (χ1) is 6.93. The minimum absolute atomic E-state index is 0.0768. The largest absolute Gasteiger partial charge is 0.451 e. The molecule has 0 aliphatic heterocycles. The number of halogens is 3. The fourth-order valence-electron chi connectivity index (χ4n) is 0.732. The van der Waals surface area contributed by atoms with Gasteiger partial charge >= 0.3 is 6.18 Å². The van der Waals surface area contributed by atoms with Gasteiger partial charge in [-0.1, -0.05) is 6.58 Å². The van der Waals surface area contributed by atoms with Crippen LogP contribution in [0.25, 0.3) is 0 Å². The Morgan fingerprint density at radius 1 is 1.40 bits per heavy atom. The first-order valence-corrected chi connectivity index (χ1v) is 3.76. The fraction of sp³-hybridized carbons (Fsp3) is 0.125. The zero-order valence-electron chi connectivity index (χ0n) is 7.38. The Kier molecular flexibility index (Phi) is 3.03. The van der Waals surface area contributed by atoms with Crippen molar-refractivity contribution >= 4 is 11.6 Å². The minimum Gasteiger partial charge on any atom is -0.320 e. The number of alkyl halides is 3. The molecule has 0 aliphatic rings. The second-order valence-corrected chi connectivity index (χ2v) is 2.49. The summed E-state index contributed by atoms with van der Waals surface area (Å²) in [5, 5.41) is 2.22. The van der Waals surface area contributed by atoms with E-state index in [2.05, 4.69) is 21.9 Å². The van der Waals surface area contributed by atoms with Gasteiger partial charge in [0.1, 0.15) is 0 Å². The van der Waals surface area contributed by atoms with E-state index >= 15 is 0 Å². The van der Waals surface area contributed by atoms with E-state index in [1.165, 1.54) is 0 Å². The quantitative estimate of drug-likeness (QED) is 0.766. The summed E-state index contributed by atoms with van der Waals surface area (Å²) < 4.78 is 36.1. The van der Waals surface area contributed by atoms with Crippen LogP contribution < -0.4 is 5.32 Å². The summed E-state index contributed by atoms with van der Waals surface area (Å²) in [4.78, 5) is 16.9. The summed E-state index contributed by atoms with van der Waals surface area (Å²) in [6.45, 7) is 3.18. The summed E-state index contributed by atoms with van der Waals surface area (Å²) in [5.74, 6) is -1.79. The number of carbonyl (C=O) groups is 1. The highest BCUT2D eigenvalue weighted by Crippen LogP contribution is 2.25. The second kappa shape index (κ2) is 4.07. The van der Waals surface area contributed by atoms with Gasteiger partial charge in [-0.2, -0.15) is 13.2 Å². The molecule has 0 spiro atoms. The summed E-state index contributed by atoms with van der Waals surface area (Å²) >= 11 is 0. The summed E-state index contributed by atoms with van der Waals surface area (Å²) in [7, 11) is 0. The van der Waals surface area contributed by atoms with E-state index in [4.69, 9.17) is 0 Å².